The van der Waals surface area contributed by atoms with E-state index in [-0.39, 0.29) is 11.7 Å². The lowest BCUT2D eigenvalue weighted by Crippen LogP contribution is -2.30. The van der Waals surface area contributed by atoms with Crippen molar-refractivity contribution in [1.29, 1.82) is 0 Å². The van der Waals surface area contributed by atoms with Crippen LogP contribution in [0.4, 0.5) is 0 Å². The van der Waals surface area contributed by atoms with Crippen molar-refractivity contribution in [3.05, 3.63) is 23.0 Å². The van der Waals surface area contributed by atoms with Crippen LogP contribution in [-0.2, 0) is 0 Å². The summed E-state index contributed by atoms with van der Waals surface area (Å²) < 4.78 is 6.09. The molecule has 1 aromatic heterocycles. The minimum Gasteiger partial charge on any atom is -0.489 e. The maximum atomic E-state index is 11.4. The van der Waals surface area contributed by atoms with Crippen LogP contribution in [0, 0.1) is 19.8 Å². The minimum absolute atomic E-state index is 0.132. The molecular weight excluding hydrogens is 254 g/mol. The van der Waals surface area contributed by atoms with Crippen LogP contribution in [0.5, 0.6) is 5.75 Å². The Kier molecular flexibility index (Phi) is 4.63. The molecule has 4 heteroatoms. The minimum atomic E-state index is -0.964. The van der Waals surface area contributed by atoms with Gasteiger partial charge in [0.25, 0.3) is 0 Å². The molecular formula is C16H23NO3. The van der Waals surface area contributed by atoms with E-state index in [0.29, 0.717) is 17.4 Å². The molecule has 1 aliphatic rings. The van der Waals surface area contributed by atoms with Crippen molar-refractivity contribution in [1.82, 2.24) is 4.98 Å². The smallest absolute Gasteiger partial charge is 0.341 e. The third-order valence-electron chi connectivity index (χ3n) is 4.15. The Morgan fingerprint density at radius 3 is 2.75 bits per heavy atom. The van der Waals surface area contributed by atoms with E-state index in [1.165, 1.54) is 12.8 Å². The van der Waals surface area contributed by atoms with E-state index in [0.717, 1.165) is 25.0 Å². The number of aromatic nitrogens is 1. The Balaban J connectivity index is 2.30. The first-order valence-corrected chi connectivity index (χ1v) is 7.41. The van der Waals surface area contributed by atoms with Gasteiger partial charge in [0, 0.05) is 11.8 Å². The molecule has 20 heavy (non-hydrogen) atoms. The Labute approximate surface area is 120 Å². The van der Waals surface area contributed by atoms with Crippen LogP contribution in [0.3, 0.4) is 0 Å². The van der Waals surface area contributed by atoms with E-state index in [4.69, 9.17) is 4.74 Å². The normalized spacial score (nSPS) is 22.6. The molecule has 1 aromatic rings. The zero-order valence-corrected chi connectivity index (χ0v) is 12.5. The van der Waals surface area contributed by atoms with Crippen LogP contribution in [0.2, 0.25) is 0 Å². The molecule has 0 aliphatic heterocycles. The number of nitrogens with zero attached hydrogens (tertiary/aromatic N) is 1. The molecule has 2 rings (SSSR count). The second-order valence-corrected chi connectivity index (χ2v) is 5.64. The maximum absolute atomic E-state index is 11.4. The SMILES string of the molecule is CCC1CCCCC1Oc1cc(C)nc(C)c1C(=O)O. The Hall–Kier alpha value is -1.58. The summed E-state index contributed by atoms with van der Waals surface area (Å²) in [6.45, 7) is 5.76. The summed E-state index contributed by atoms with van der Waals surface area (Å²) in [5.74, 6) is 0.0425. The summed E-state index contributed by atoms with van der Waals surface area (Å²) >= 11 is 0. The van der Waals surface area contributed by atoms with Crippen molar-refractivity contribution >= 4 is 5.97 Å². The summed E-state index contributed by atoms with van der Waals surface area (Å²) in [5.41, 5.74) is 1.53. The number of hydrogen-bond donors (Lipinski definition) is 1. The van der Waals surface area contributed by atoms with Crippen LogP contribution >= 0.6 is 0 Å². The van der Waals surface area contributed by atoms with Crippen LogP contribution in [-0.4, -0.2) is 22.2 Å². The Bertz CT molecular complexity index is 499. The van der Waals surface area contributed by atoms with Crippen molar-refractivity contribution in [2.45, 2.75) is 59.0 Å². The molecule has 0 bridgehead atoms. The van der Waals surface area contributed by atoms with E-state index in [9.17, 15) is 9.90 Å². The highest BCUT2D eigenvalue weighted by atomic mass is 16.5. The monoisotopic (exact) mass is 277 g/mol. The number of ether oxygens (including phenoxy) is 1. The highest BCUT2D eigenvalue weighted by Crippen LogP contribution is 2.32. The molecule has 1 N–H and O–H groups in total. The first-order chi connectivity index (χ1) is 9.52. The van der Waals surface area contributed by atoms with Gasteiger partial charge in [-0.25, -0.2) is 4.79 Å². The lowest BCUT2D eigenvalue weighted by molar-refractivity contribution is 0.0662. The molecule has 0 radical (unpaired) electrons. The van der Waals surface area contributed by atoms with Gasteiger partial charge in [-0.15, -0.1) is 0 Å². The number of hydrogen-bond acceptors (Lipinski definition) is 3. The van der Waals surface area contributed by atoms with Crippen LogP contribution in [0.15, 0.2) is 6.07 Å². The van der Waals surface area contributed by atoms with Crippen LogP contribution in [0.1, 0.15) is 60.8 Å². The quantitative estimate of drug-likeness (QED) is 0.910. The van der Waals surface area contributed by atoms with E-state index < -0.39 is 5.97 Å². The lowest BCUT2D eigenvalue weighted by atomic mass is 9.84. The number of aromatic carboxylic acids is 1. The van der Waals surface area contributed by atoms with Gasteiger partial charge in [-0.3, -0.25) is 4.98 Å². The molecule has 4 nitrogen and oxygen atoms in total. The van der Waals surface area contributed by atoms with Gasteiger partial charge < -0.3 is 9.84 Å². The van der Waals surface area contributed by atoms with Gasteiger partial charge in [-0.05, 0) is 45.4 Å². The summed E-state index contributed by atoms with van der Waals surface area (Å²) in [5, 5.41) is 9.37. The molecule has 1 heterocycles. The molecule has 0 aromatic carbocycles. The molecule has 110 valence electrons. The fraction of sp³-hybridized carbons (Fsp3) is 0.625. The number of rotatable bonds is 4. The summed E-state index contributed by atoms with van der Waals surface area (Å²) in [6.07, 6.45) is 5.80. The molecule has 1 aliphatic carbocycles. The van der Waals surface area contributed by atoms with E-state index in [2.05, 4.69) is 11.9 Å². The standard InChI is InChI=1S/C16H23NO3/c1-4-12-7-5-6-8-13(12)20-14-9-10(2)17-11(3)15(14)16(18)19/h9,12-13H,4-8H2,1-3H3,(H,18,19). The summed E-state index contributed by atoms with van der Waals surface area (Å²) in [7, 11) is 0. The van der Waals surface area contributed by atoms with Crippen molar-refractivity contribution < 1.29 is 14.6 Å². The van der Waals surface area contributed by atoms with Crippen molar-refractivity contribution in [2.75, 3.05) is 0 Å². The Morgan fingerprint density at radius 2 is 2.10 bits per heavy atom. The Morgan fingerprint density at radius 1 is 1.40 bits per heavy atom. The summed E-state index contributed by atoms with van der Waals surface area (Å²) in [4.78, 5) is 15.7. The molecule has 1 saturated carbocycles. The van der Waals surface area contributed by atoms with Gasteiger partial charge in [0.1, 0.15) is 17.4 Å². The van der Waals surface area contributed by atoms with Gasteiger partial charge in [0.15, 0.2) is 0 Å². The molecule has 0 amide bonds. The topological polar surface area (TPSA) is 59.4 Å². The lowest BCUT2D eigenvalue weighted by Gasteiger charge is -2.31. The largest absolute Gasteiger partial charge is 0.489 e. The van der Waals surface area contributed by atoms with Crippen molar-refractivity contribution in [2.24, 2.45) is 5.92 Å². The van der Waals surface area contributed by atoms with Gasteiger partial charge in [-0.1, -0.05) is 13.3 Å². The van der Waals surface area contributed by atoms with Gasteiger partial charge in [0.2, 0.25) is 0 Å². The predicted octanol–water partition coefficient (Wildman–Crippen LogP) is 3.74. The van der Waals surface area contributed by atoms with Crippen LogP contribution in [0.25, 0.3) is 0 Å². The zero-order valence-electron chi connectivity index (χ0n) is 12.5. The van der Waals surface area contributed by atoms with Gasteiger partial charge >= 0.3 is 5.97 Å². The number of carboxylic acid groups (broad SMARTS) is 1. The first-order valence-electron chi connectivity index (χ1n) is 7.41. The predicted molar refractivity (Wildman–Crippen MR) is 77.3 cm³/mol. The fourth-order valence-corrected chi connectivity index (χ4v) is 3.10. The highest BCUT2D eigenvalue weighted by molar-refractivity contribution is 5.92. The average Bonchev–Trinajstić information content (AvgIpc) is 2.38. The zero-order chi connectivity index (χ0) is 14.7. The molecule has 2 unspecified atom stereocenters. The van der Waals surface area contributed by atoms with E-state index in [1.54, 1.807) is 13.0 Å². The number of pyridine rings is 1. The second kappa shape index (κ2) is 6.25. The highest BCUT2D eigenvalue weighted by Gasteiger charge is 2.27. The molecule has 2 atom stereocenters. The molecule has 0 saturated heterocycles. The average molecular weight is 277 g/mol. The molecule has 1 fully saturated rings. The second-order valence-electron chi connectivity index (χ2n) is 5.64. The number of aryl methyl sites for hydroxylation is 2. The maximum Gasteiger partial charge on any atom is 0.341 e. The third kappa shape index (κ3) is 3.11. The first kappa shape index (κ1) is 14.8. The van der Waals surface area contributed by atoms with Crippen molar-refractivity contribution in [3.63, 3.8) is 0 Å². The van der Waals surface area contributed by atoms with E-state index >= 15 is 0 Å². The number of carbonyl (C=O) groups is 1. The number of carboxylic acids is 1. The fourth-order valence-electron chi connectivity index (χ4n) is 3.10. The third-order valence-corrected chi connectivity index (χ3v) is 4.15. The van der Waals surface area contributed by atoms with Gasteiger partial charge in [-0.2, -0.15) is 0 Å². The molecule has 0 spiro atoms. The van der Waals surface area contributed by atoms with E-state index in [1.807, 2.05) is 6.92 Å². The van der Waals surface area contributed by atoms with Crippen molar-refractivity contribution in [3.8, 4) is 5.75 Å². The van der Waals surface area contributed by atoms with Crippen LogP contribution < -0.4 is 4.74 Å². The summed E-state index contributed by atoms with van der Waals surface area (Å²) in [6, 6.07) is 1.75. The van der Waals surface area contributed by atoms with Gasteiger partial charge in [0.05, 0.1) is 5.69 Å².